The second-order valence-corrected chi connectivity index (χ2v) is 7.81. The highest BCUT2D eigenvalue weighted by Crippen LogP contribution is 2.34. The number of anilines is 1. The number of tetrazole rings is 1. The molecule has 166 valence electrons. The van der Waals surface area contributed by atoms with Gasteiger partial charge >= 0.3 is 0 Å². The molecule has 0 atom stereocenters. The van der Waals surface area contributed by atoms with Crippen LogP contribution in [0.5, 0.6) is 0 Å². The van der Waals surface area contributed by atoms with E-state index >= 15 is 0 Å². The van der Waals surface area contributed by atoms with Gasteiger partial charge < -0.3 is 5.32 Å². The summed E-state index contributed by atoms with van der Waals surface area (Å²) in [5.41, 5.74) is -0.126. The van der Waals surface area contributed by atoms with Crippen molar-refractivity contribution in [3.05, 3.63) is 93.8 Å². The minimum atomic E-state index is -0.691. The zero-order chi connectivity index (χ0) is 23.5. The minimum absolute atomic E-state index is 0.00953. The lowest BCUT2D eigenvalue weighted by Gasteiger charge is -2.12. The van der Waals surface area contributed by atoms with Crippen LogP contribution in [0.4, 0.5) is 20.2 Å². The Labute approximate surface area is 189 Å². The van der Waals surface area contributed by atoms with Crippen LogP contribution in [0.1, 0.15) is 16.2 Å². The highest BCUT2D eigenvalue weighted by molar-refractivity contribution is 7.99. The van der Waals surface area contributed by atoms with Gasteiger partial charge in [0.25, 0.3) is 11.6 Å². The second kappa shape index (κ2) is 9.12. The fourth-order valence-corrected chi connectivity index (χ4v) is 3.90. The number of benzene rings is 3. The molecule has 0 radical (unpaired) electrons. The first-order valence-electron chi connectivity index (χ1n) is 9.40. The average Bonchev–Trinajstić information content (AvgIpc) is 3.22. The first-order chi connectivity index (χ1) is 15.8. The highest BCUT2D eigenvalue weighted by Gasteiger charge is 2.20. The van der Waals surface area contributed by atoms with Crippen LogP contribution in [-0.4, -0.2) is 31.0 Å². The molecule has 0 saturated carbocycles. The van der Waals surface area contributed by atoms with Crippen LogP contribution >= 0.6 is 11.8 Å². The first-order valence-corrected chi connectivity index (χ1v) is 10.2. The summed E-state index contributed by atoms with van der Waals surface area (Å²) in [4.78, 5) is 24.2. The van der Waals surface area contributed by atoms with E-state index in [4.69, 9.17) is 0 Å². The van der Waals surface area contributed by atoms with Crippen molar-refractivity contribution < 1.29 is 18.5 Å². The van der Waals surface area contributed by atoms with Crippen molar-refractivity contribution in [1.82, 2.24) is 20.2 Å². The number of rotatable bonds is 6. The number of nitro benzene ring substituents is 1. The SMILES string of the molecule is Cc1nnnn1-c1cc(NC(=O)c2cc([N+](=O)[O-])ccc2Sc2ccccc2F)ccc1F. The molecular weight excluding hydrogens is 454 g/mol. The summed E-state index contributed by atoms with van der Waals surface area (Å²) < 4.78 is 29.6. The van der Waals surface area contributed by atoms with Gasteiger partial charge in [0.15, 0.2) is 5.82 Å². The molecule has 0 aliphatic rings. The number of hydrogen-bond donors (Lipinski definition) is 1. The third-order valence-corrected chi connectivity index (χ3v) is 5.66. The number of hydrogen-bond acceptors (Lipinski definition) is 7. The summed E-state index contributed by atoms with van der Waals surface area (Å²) in [5.74, 6) is -1.47. The molecule has 4 rings (SSSR count). The molecule has 9 nitrogen and oxygen atoms in total. The predicted octanol–water partition coefficient (Wildman–Crippen LogP) is 4.56. The van der Waals surface area contributed by atoms with E-state index < -0.39 is 22.5 Å². The molecule has 1 aromatic heterocycles. The number of nitrogens with one attached hydrogen (secondary N) is 1. The van der Waals surface area contributed by atoms with Crippen molar-refractivity contribution >= 4 is 29.0 Å². The summed E-state index contributed by atoms with van der Waals surface area (Å²) >= 11 is 0.957. The number of halogens is 2. The van der Waals surface area contributed by atoms with E-state index in [2.05, 4.69) is 20.8 Å². The largest absolute Gasteiger partial charge is 0.322 e. The topological polar surface area (TPSA) is 116 Å². The van der Waals surface area contributed by atoms with Gasteiger partial charge in [-0.3, -0.25) is 14.9 Å². The Morgan fingerprint density at radius 1 is 1.06 bits per heavy atom. The number of nitrogens with zero attached hydrogens (tertiary/aromatic N) is 5. The minimum Gasteiger partial charge on any atom is -0.322 e. The molecule has 33 heavy (non-hydrogen) atoms. The van der Waals surface area contributed by atoms with Gasteiger partial charge in [-0.1, -0.05) is 23.9 Å². The van der Waals surface area contributed by atoms with Gasteiger partial charge in [0.05, 0.1) is 10.5 Å². The highest BCUT2D eigenvalue weighted by atomic mass is 32.2. The zero-order valence-electron chi connectivity index (χ0n) is 16.9. The van der Waals surface area contributed by atoms with E-state index in [1.807, 2.05) is 0 Å². The molecule has 0 saturated heterocycles. The summed E-state index contributed by atoms with van der Waals surface area (Å²) in [7, 11) is 0. The van der Waals surface area contributed by atoms with Crippen LogP contribution in [0.25, 0.3) is 5.69 Å². The quantitative estimate of drug-likeness (QED) is 0.326. The van der Waals surface area contributed by atoms with Gasteiger partial charge in [-0.15, -0.1) is 5.10 Å². The lowest BCUT2D eigenvalue weighted by Crippen LogP contribution is -2.14. The molecule has 1 N–H and O–H groups in total. The first kappa shape index (κ1) is 22.0. The molecule has 3 aromatic carbocycles. The average molecular weight is 468 g/mol. The number of nitro groups is 1. The molecule has 4 aromatic rings. The number of carbonyl (C=O) groups excluding carboxylic acids is 1. The van der Waals surface area contributed by atoms with Crippen molar-refractivity contribution in [2.24, 2.45) is 0 Å². The maximum atomic E-state index is 14.3. The number of amides is 1. The summed E-state index contributed by atoms with van der Waals surface area (Å²) in [6, 6.07) is 13.5. The molecule has 0 aliphatic heterocycles. The number of aryl methyl sites for hydroxylation is 1. The molecule has 1 heterocycles. The molecule has 1 amide bonds. The van der Waals surface area contributed by atoms with Crippen molar-refractivity contribution in [2.45, 2.75) is 16.7 Å². The Bertz CT molecular complexity index is 1380. The lowest BCUT2D eigenvalue weighted by molar-refractivity contribution is -0.384. The molecule has 0 bridgehead atoms. The van der Waals surface area contributed by atoms with Crippen molar-refractivity contribution in [3.8, 4) is 5.69 Å². The van der Waals surface area contributed by atoms with Crippen LogP contribution in [0.15, 0.2) is 70.5 Å². The Morgan fingerprint density at radius 3 is 2.55 bits per heavy atom. The predicted molar refractivity (Wildman–Crippen MR) is 115 cm³/mol. The van der Waals surface area contributed by atoms with Gasteiger partial charge in [0.2, 0.25) is 0 Å². The lowest BCUT2D eigenvalue weighted by atomic mass is 10.1. The zero-order valence-corrected chi connectivity index (χ0v) is 17.7. The third-order valence-electron chi connectivity index (χ3n) is 4.53. The van der Waals surface area contributed by atoms with Crippen molar-refractivity contribution in [3.63, 3.8) is 0 Å². The van der Waals surface area contributed by atoms with E-state index in [1.54, 1.807) is 13.0 Å². The van der Waals surface area contributed by atoms with Crippen LogP contribution in [0, 0.1) is 28.7 Å². The molecule has 0 fully saturated rings. The van der Waals surface area contributed by atoms with Gasteiger partial charge in [0.1, 0.15) is 17.3 Å². The maximum Gasteiger partial charge on any atom is 0.270 e. The van der Waals surface area contributed by atoms with Gasteiger partial charge in [-0.2, -0.15) is 4.68 Å². The molecule has 12 heteroatoms. The van der Waals surface area contributed by atoms with E-state index in [0.29, 0.717) is 10.7 Å². The van der Waals surface area contributed by atoms with Crippen LogP contribution in [-0.2, 0) is 0 Å². The number of aromatic nitrogens is 4. The van der Waals surface area contributed by atoms with E-state index in [0.717, 1.165) is 28.6 Å². The van der Waals surface area contributed by atoms with Crippen LogP contribution in [0.3, 0.4) is 0 Å². The van der Waals surface area contributed by atoms with Gasteiger partial charge in [-0.05, 0) is 53.7 Å². The molecule has 0 unspecified atom stereocenters. The number of carbonyl (C=O) groups is 1. The fourth-order valence-electron chi connectivity index (χ4n) is 2.95. The maximum absolute atomic E-state index is 14.3. The Morgan fingerprint density at radius 2 is 1.85 bits per heavy atom. The number of non-ortho nitro benzene ring substituents is 1. The smallest absolute Gasteiger partial charge is 0.270 e. The normalized spacial score (nSPS) is 10.8. The monoisotopic (exact) mass is 468 g/mol. The summed E-state index contributed by atoms with van der Waals surface area (Å²) in [6.07, 6.45) is 0. The summed E-state index contributed by atoms with van der Waals surface area (Å²) in [6.45, 7) is 1.58. The van der Waals surface area contributed by atoms with Crippen molar-refractivity contribution in [1.29, 1.82) is 0 Å². The second-order valence-electron chi connectivity index (χ2n) is 6.73. The molecule has 0 aliphatic carbocycles. The van der Waals surface area contributed by atoms with Gasteiger partial charge in [-0.25, -0.2) is 8.78 Å². The molecule has 0 spiro atoms. The standard InChI is InChI=1S/C21H14F2N6O3S/c1-12-25-26-27-28(12)18-10-13(6-8-16(18)22)24-21(30)15-11-14(29(31)32)7-9-19(15)33-20-5-3-2-4-17(20)23/h2-11H,1H3,(H,24,30). The Hall–Kier alpha value is -4.19. The third kappa shape index (κ3) is 4.70. The van der Waals surface area contributed by atoms with Crippen LogP contribution < -0.4 is 5.32 Å². The van der Waals surface area contributed by atoms with Crippen LogP contribution in [0.2, 0.25) is 0 Å². The molecular formula is C21H14F2N6O3S. The Balaban J connectivity index is 1.69. The van der Waals surface area contributed by atoms with E-state index in [-0.39, 0.29) is 27.5 Å². The van der Waals surface area contributed by atoms with E-state index in [1.165, 1.54) is 42.5 Å². The van der Waals surface area contributed by atoms with Crippen molar-refractivity contribution in [2.75, 3.05) is 5.32 Å². The fraction of sp³-hybridized carbons (Fsp3) is 0.0476. The summed E-state index contributed by atoms with van der Waals surface area (Å²) in [5, 5.41) is 24.7. The van der Waals surface area contributed by atoms with Gasteiger partial charge in [0, 0.05) is 27.6 Å². The van der Waals surface area contributed by atoms with E-state index in [9.17, 15) is 23.7 Å². The Kier molecular flexibility index (Phi) is 6.09.